The third kappa shape index (κ3) is 5.44. The molecule has 3 aromatic carbocycles. The summed E-state index contributed by atoms with van der Waals surface area (Å²) < 4.78 is 8.87. The van der Waals surface area contributed by atoms with Crippen molar-refractivity contribution in [2.24, 2.45) is 0 Å². The second-order valence-corrected chi connectivity index (χ2v) is 8.57. The van der Waals surface area contributed by atoms with Crippen molar-refractivity contribution in [2.45, 2.75) is 16.7 Å². The van der Waals surface area contributed by atoms with Gasteiger partial charge < -0.3 is 9.46 Å². The van der Waals surface area contributed by atoms with Crippen LogP contribution in [0.5, 0.6) is 0 Å². The summed E-state index contributed by atoms with van der Waals surface area (Å²) in [7, 11) is 2.84. The smallest absolute Gasteiger partial charge is 0.269 e. The van der Waals surface area contributed by atoms with Gasteiger partial charge in [-0.05, 0) is 47.8 Å². The maximum absolute atomic E-state index is 10.8. The third-order valence-electron chi connectivity index (χ3n) is 4.11. The molecule has 5 nitrogen and oxygen atoms in total. The van der Waals surface area contributed by atoms with Crippen molar-refractivity contribution in [1.29, 1.82) is 0 Å². The van der Waals surface area contributed by atoms with E-state index in [-0.39, 0.29) is 5.69 Å². The van der Waals surface area contributed by atoms with Crippen LogP contribution in [0.1, 0.15) is 6.92 Å². The Balaban J connectivity index is 1.84. The Morgan fingerprint density at radius 2 is 1.90 bits per heavy atom. The molecule has 3 rings (SSSR count). The summed E-state index contributed by atoms with van der Waals surface area (Å²) >= 11 is 3.11. The molecule has 0 radical (unpaired) electrons. The van der Waals surface area contributed by atoms with Gasteiger partial charge in [0, 0.05) is 27.3 Å². The van der Waals surface area contributed by atoms with Gasteiger partial charge in [0.15, 0.2) is 0 Å². The van der Waals surface area contributed by atoms with Crippen molar-refractivity contribution in [3.63, 3.8) is 0 Å². The van der Waals surface area contributed by atoms with Crippen LogP contribution in [0.15, 0.2) is 76.7 Å². The summed E-state index contributed by atoms with van der Waals surface area (Å²) in [4.78, 5) is 12.4. The average molecular weight is 445 g/mol. The Morgan fingerprint density at radius 3 is 2.55 bits per heavy atom. The molecule has 0 fully saturated rings. The van der Waals surface area contributed by atoms with E-state index in [2.05, 4.69) is 38.7 Å². The van der Waals surface area contributed by atoms with Crippen LogP contribution >= 0.6 is 32.9 Å². The van der Waals surface area contributed by atoms with E-state index >= 15 is 0 Å². The first-order chi connectivity index (χ1) is 14.0. The molecule has 150 valence electrons. The number of thioether (sulfide) groups is 1. The van der Waals surface area contributed by atoms with Gasteiger partial charge in [0.05, 0.1) is 28.7 Å². The molecule has 0 aliphatic carbocycles. The number of nitrogens with one attached hydrogen (secondary N) is 1. The van der Waals surface area contributed by atoms with Crippen LogP contribution in [-0.2, 0) is 4.74 Å². The zero-order valence-corrected chi connectivity index (χ0v) is 18.7. The van der Waals surface area contributed by atoms with Crippen molar-refractivity contribution in [3.05, 3.63) is 77.0 Å². The van der Waals surface area contributed by atoms with Gasteiger partial charge in [-0.3, -0.25) is 10.1 Å². The summed E-state index contributed by atoms with van der Waals surface area (Å²) in [5.74, 6) is 1.44. The van der Waals surface area contributed by atoms with Crippen molar-refractivity contribution in [3.8, 4) is 0 Å². The van der Waals surface area contributed by atoms with Gasteiger partial charge >= 0.3 is 0 Å². The van der Waals surface area contributed by atoms with Crippen molar-refractivity contribution < 1.29 is 9.66 Å². The SMILES string of the molecule is C=C(CSc1cc(NSc2ccc([N+](=O)[O-])cc2)c2ccccc2c1P)OCC. The first kappa shape index (κ1) is 21.5. The van der Waals surface area contributed by atoms with Crippen molar-refractivity contribution in [2.75, 3.05) is 17.1 Å². The van der Waals surface area contributed by atoms with E-state index in [0.29, 0.717) is 12.4 Å². The number of ether oxygens (including phenoxy) is 1. The Morgan fingerprint density at radius 1 is 1.21 bits per heavy atom. The molecule has 0 heterocycles. The van der Waals surface area contributed by atoms with E-state index in [9.17, 15) is 10.1 Å². The number of fused-ring (bicyclic) bond motifs is 1. The fraction of sp³-hybridized carbons (Fsp3) is 0.143. The first-order valence-corrected chi connectivity index (χ1v) is 11.3. The highest BCUT2D eigenvalue weighted by atomic mass is 32.2. The minimum absolute atomic E-state index is 0.0837. The number of hydrogen-bond acceptors (Lipinski definition) is 6. The largest absolute Gasteiger partial charge is 0.498 e. The Hall–Kier alpha value is -2.21. The molecule has 1 unspecified atom stereocenters. The van der Waals surface area contributed by atoms with Gasteiger partial charge in [-0.2, -0.15) is 0 Å². The molecule has 0 bridgehead atoms. The molecule has 0 saturated carbocycles. The molecule has 0 spiro atoms. The first-order valence-electron chi connectivity index (χ1n) is 8.91. The maximum atomic E-state index is 10.8. The second-order valence-electron chi connectivity index (χ2n) is 6.10. The lowest BCUT2D eigenvalue weighted by Crippen LogP contribution is -2.03. The van der Waals surface area contributed by atoms with Crippen LogP contribution in [0.25, 0.3) is 10.8 Å². The van der Waals surface area contributed by atoms with E-state index in [0.717, 1.165) is 37.3 Å². The fourth-order valence-corrected chi connectivity index (χ4v) is 4.85. The van der Waals surface area contributed by atoms with Crippen LogP contribution in [0.4, 0.5) is 11.4 Å². The quantitative estimate of drug-likeness (QED) is 0.109. The number of non-ortho nitro benzene ring substituents is 1. The maximum Gasteiger partial charge on any atom is 0.269 e. The molecule has 8 heteroatoms. The zero-order valence-electron chi connectivity index (χ0n) is 15.9. The zero-order chi connectivity index (χ0) is 20.8. The van der Waals surface area contributed by atoms with E-state index in [1.807, 2.05) is 19.1 Å². The molecule has 29 heavy (non-hydrogen) atoms. The second kappa shape index (κ2) is 10.0. The molecule has 0 aliphatic heterocycles. The minimum atomic E-state index is -0.396. The summed E-state index contributed by atoms with van der Waals surface area (Å²) in [6.07, 6.45) is 0. The predicted octanol–water partition coefficient (Wildman–Crippen LogP) is 6.01. The minimum Gasteiger partial charge on any atom is -0.498 e. The van der Waals surface area contributed by atoms with Gasteiger partial charge in [0.2, 0.25) is 0 Å². The van der Waals surface area contributed by atoms with E-state index in [1.54, 1.807) is 23.9 Å². The molecule has 1 atom stereocenters. The molecule has 3 aromatic rings. The molecule has 0 saturated heterocycles. The molecule has 0 aromatic heterocycles. The van der Waals surface area contributed by atoms with Crippen LogP contribution in [0.2, 0.25) is 0 Å². The van der Waals surface area contributed by atoms with Crippen molar-refractivity contribution >= 4 is 60.4 Å². The molecule has 0 amide bonds. The lowest BCUT2D eigenvalue weighted by atomic mass is 10.1. The number of nitrogens with zero attached hydrogens (tertiary/aromatic N) is 1. The Bertz CT molecular complexity index is 1040. The summed E-state index contributed by atoms with van der Waals surface area (Å²) in [6, 6.07) is 16.8. The number of hydrogen-bond donors (Lipinski definition) is 1. The Kier molecular flexibility index (Phi) is 7.42. The summed E-state index contributed by atoms with van der Waals surface area (Å²) in [5, 5.41) is 14.2. The summed E-state index contributed by atoms with van der Waals surface area (Å²) in [6.45, 7) is 6.52. The lowest BCUT2D eigenvalue weighted by Gasteiger charge is -2.15. The molecular formula is C21H21N2O3PS2. The Labute approximate surface area is 180 Å². The van der Waals surface area contributed by atoms with E-state index < -0.39 is 4.92 Å². The van der Waals surface area contributed by atoms with Gasteiger partial charge in [-0.1, -0.05) is 30.8 Å². The highest BCUT2D eigenvalue weighted by Gasteiger charge is 2.11. The number of benzene rings is 3. The highest BCUT2D eigenvalue weighted by Crippen LogP contribution is 2.34. The molecule has 1 N–H and O–H groups in total. The summed E-state index contributed by atoms with van der Waals surface area (Å²) in [5.41, 5.74) is 1.07. The van der Waals surface area contributed by atoms with E-state index in [1.165, 1.54) is 24.1 Å². The van der Waals surface area contributed by atoms with Gasteiger partial charge in [0.1, 0.15) is 0 Å². The van der Waals surface area contributed by atoms with Crippen LogP contribution in [0.3, 0.4) is 0 Å². The van der Waals surface area contributed by atoms with Crippen LogP contribution in [-0.4, -0.2) is 17.3 Å². The third-order valence-corrected chi connectivity index (χ3v) is 6.89. The van der Waals surface area contributed by atoms with Gasteiger partial charge in [-0.15, -0.1) is 21.0 Å². The topological polar surface area (TPSA) is 64.4 Å². The number of nitro benzene ring substituents is 1. The number of anilines is 1. The monoisotopic (exact) mass is 444 g/mol. The average Bonchev–Trinajstić information content (AvgIpc) is 2.73. The normalized spacial score (nSPS) is 10.7. The lowest BCUT2D eigenvalue weighted by molar-refractivity contribution is -0.384. The van der Waals surface area contributed by atoms with Crippen LogP contribution < -0.4 is 10.0 Å². The van der Waals surface area contributed by atoms with Gasteiger partial charge in [0.25, 0.3) is 5.69 Å². The molecule has 0 aliphatic rings. The van der Waals surface area contributed by atoms with Crippen molar-refractivity contribution in [1.82, 2.24) is 0 Å². The number of nitro groups is 1. The van der Waals surface area contributed by atoms with Crippen LogP contribution in [0, 0.1) is 10.1 Å². The molecular weight excluding hydrogens is 423 g/mol. The fourth-order valence-electron chi connectivity index (χ4n) is 2.73. The predicted molar refractivity (Wildman–Crippen MR) is 127 cm³/mol. The van der Waals surface area contributed by atoms with E-state index in [4.69, 9.17) is 4.74 Å². The van der Waals surface area contributed by atoms with Gasteiger partial charge in [-0.25, -0.2) is 0 Å². The number of rotatable bonds is 9. The standard InChI is InChI=1S/C21H21N2O3PS2/c1-3-26-14(2)13-28-20-12-19(17-6-4-5-7-18(17)21(20)27)22-29-16-10-8-15(9-11-16)23(24)25/h4-12,22H,2-3,13,27H2,1H3. The highest BCUT2D eigenvalue weighted by molar-refractivity contribution is 8.00.